The van der Waals surface area contributed by atoms with Gasteiger partial charge in [-0.25, -0.2) is 12.8 Å². The minimum Gasteiger partial charge on any atom is -0.367 e. The summed E-state index contributed by atoms with van der Waals surface area (Å²) in [6.45, 7) is 10.3. The van der Waals surface area contributed by atoms with Crippen molar-refractivity contribution in [3.8, 4) is 0 Å². The van der Waals surface area contributed by atoms with Crippen LogP contribution in [0, 0.1) is 12.7 Å². The molecule has 0 aliphatic carbocycles. The molecular weight excluding hydrogens is 429 g/mol. The smallest absolute Gasteiger partial charge is 0.211 e. The van der Waals surface area contributed by atoms with Crippen LogP contribution in [-0.4, -0.2) is 50.6 Å². The predicted molar refractivity (Wildman–Crippen MR) is 125 cm³/mol. The molecule has 0 bridgehead atoms. The quantitative estimate of drug-likeness (QED) is 0.587. The number of aromatic nitrogens is 1. The highest BCUT2D eigenvalue weighted by molar-refractivity contribution is 7.91. The van der Waals surface area contributed by atoms with Crippen LogP contribution in [0.3, 0.4) is 0 Å². The van der Waals surface area contributed by atoms with Crippen molar-refractivity contribution in [1.29, 1.82) is 0 Å². The molecule has 1 fully saturated rings. The van der Waals surface area contributed by atoms with Crippen LogP contribution in [0.4, 0.5) is 10.1 Å². The summed E-state index contributed by atoms with van der Waals surface area (Å²) in [7, 11) is -4.04. The molecule has 6 nitrogen and oxygen atoms in total. The zero-order valence-corrected chi connectivity index (χ0v) is 19.5. The van der Waals surface area contributed by atoms with E-state index in [4.69, 9.17) is 0 Å². The lowest BCUT2D eigenvalue weighted by atomic mass is 10.1. The molecule has 0 amide bonds. The lowest BCUT2D eigenvalue weighted by molar-refractivity contribution is 0.270. The van der Waals surface area contributed by atoms with Crippen LogP contribution < -0.4 is 10.3 Å². The second kappa shape index (κ2) is 8.67. The SMILES string of the molecule is CCN1CCN(c2cc3c(cc2F)c(=O)c(S(=O)(=O)c2cccc(C)c2)cn3CC)CC1. The van der Waals surface area contributed by atoms with E-state index in [-0.39, 0.29) is 15.2 Å². The van der Waals surface area contributed by atoms with Gasteiger partial charge in [-0.05, 0) is 50.2 Å². The van der Waals surface area contributed by atoms with E-state index in [1.807, 2.05) is 11.8 Å². The van der Waals surface area contributed by atoms with Gasteiger partial charge in [0.05, 0.1) is 21.5 Å². The van der Waals surface area contributed by atoms with Gasteiger partial charge in [0.15, 0.2) is 0 Å². The first-order chi connectivity index (χ1) is 15.3. The number of aryl methyl sites for hydroxylation is 2. The van der Waals surface area contributed by atoms with Crippen molar-refractivity contribution >= 4 is 26.4 Å². The molecule has 0 unspecified atom stereocenters. The van der Waals surface area contributed by atoms with Gasteiger partial charge < -0.3 is 14.4 Å². The van der Waals surface area contributed by atoms with Crippen LogP contribution in [0.15, 0.2) is 57.2 Å². The van der Waals surface area contributed by atoms with Gasteiger partial charge in [-0.1, -0.05) is 19.1 Å². The van der Waals surface area contributed by atoms with Gasteiger partial charge in [0.2, 0.25) is 15.3 Å². The van der Waals surface area contributed by atoms with E-state index in [1.165, 1.54) is 24.4 Å². The van der Waals surface area contributed by atoms with Gasteiger partial charge in [0, 0.05) is 38.9 Å². The van der Waals surface area contributed by atoms with Crippen LogP contribution in [0.5, 0.6) is 0 Å². The summed E-state index contributed by atoms with van der Waals surface area (Å²) in [5.41, 5.74) is 1.09. The Morgan fingerprint density at radius 3 is 2.34 bits per heavy atom. The number of rotatable bonds is 5. The highest BCUT2D eigenvalue weighted by Gasteiger charge is 2.26. The van der Waals surface area contributed by atoms with E-state index in [2.05, 4.69) is 11.8 Å². The van der Waals surface area contributed by atoms with E-state index >= 15 is 4.39 Å². The molecule has 170 valence electrons. The number of nitrogens with zero attached hydrogens (tertiary/aromatic N) is 3. The molecule has 1 saturated heterocycles. The van der Waals surface area contributed by atoms with Crippen LogP contribution in [-0.2, 0) is 16.4 Å². The molecule has 1 aliphatic rings. The molecule has 1 aromatic heterocycles. The summed E-state index contributed by atoms with van der Waals surface area (Å²) in [4.78, 5) is 17.3. The molecule has 2 aromatic carbocycles. The van der Waals surface area contributed by atoms with Gasteiger partial charge in [-0.2, -0.15) is 0 Å². The number of likely N-dealkylation sites (N-methyl/N-ethyl adjacent to an activating group) is 1. The van der Waals surface area contributed by atoms with Gasteiger partial charge in [-0.3, -0.25) is 4.79 Å². The first-order valence-electron chi connectivity index (χ1n) is 10.9. The maximum Gasteiger partial charge on any atom is 0.211 e. The first-order valence-corrected chi connectivity index (χ1v) is 12.4. The number of fused-ring (bicyclic) bond motifs is 1. The van der Waals surface area contributed by atoms with Crippen molar-refractivity contribution in [2.24, 2.45) is 0 Å². The summed E-state index contributed by atoms with van der Waals surface area (Å²) >= 11 is 0. The number of hydrogen-bond donors (Lipinski definition) is 0. The van der Waals surface area contributed by atoms with Crippen molar-refractivity contribution in [2.75, 3.05) is 37.6 Å². The molecule has 32 heavy (non-hydrogen) atoms. The van der Waals surface area contributed by atoms with E-state index in [9.17, 15) is 13.2 Å². The fraction of sp³-hybridized carbons (Fsp3) is 0.375. The zero-order chi connectivity index (χ0) is 23.0. The summed E-state index contributed by atoms with van der Waals surface area (Å²) in [6, 6.07) is 9.32. The number of piperazine rings is 1. The van der Waals surface area contributed by atoms with E-state index < -0.39 is 21.1 Å². The number of benzene rings is 2. The molecule has 4 rings (SSSR count). The van der Waals surface area contributed by atoms with E-state index in [0.29, 0.717) is 30.8 Å². The molecule has 0 atom stereocenters. The minimum atomic E-state index is -4.04. The molecule has 0 spiro atoms. The summed E-state index contributed by atoms with van der Waals surface area (Å²) in [6.07, 6.45) is 1.39. The predicted octanol–water partition coefficient (Wildman–Crippen LogP) is 3.44. The second-order valence-corrected chi connectivity index (χ2v) is 10.1. The van der Waals surface area contributed by atoms with Gasteiger partial charge in [-0.15, -0.1) is 0 Å². The molecule has 2 heterocycles. The lowest BCUT2D eigenvalue weighted by Gasteiger charge is -2.35. The number of anilines is 1. The highest BCUT2D eigenvalue weighted by atomic mass is 32.2. The average Bonchev–Trinajstić information content (AvgIpc) is 2.79. The standard InChI is InChI=1S/C24H28FN3O3S/c1-4-26-9-11-28(12-10-26)22-15-21-19(14-20(22)25)24(29)23(16-27(21)5-2)32(30,31)18-8-6-7-17(3)13-18/h6-8,13-16H,4-5,9-12H2,1-3H3. The molecule has 1 aliphatic heterocycles. The number of hydrogen-bond acceptors (Lipinski definition) is 5. The third-order valence-electron chi connectivity index (χ3n) is 6.21. The Hall–Kier alpha value is -2.71. The summed E-state index contributed by atoms with van der Waals surface area (Å²) in [5, 5.41) is 0.0778. The lowest BCUT2D eigenvalue weighted by Crippen LogP contribution is -2.46. The molecule has 8 heteroatoms. The maximum absolute atomic E-state index is 15.2. The Labute approximate surface area is 187 Å². The number of halogens is 1. The Morgan fingerprint density at radius 1 is 1.00 bits per heavy atom. The van der Waals surface area contributed by atoms with Crippen LogP contribution in [0.1, 0.15) is 19.4 Å². The molecule has 0 N–H and O–H groups in total. The number of pyridine rings is 1. The molecule has 0 radical (unpaired) electrons. The van der Waals surface area contributed by atoms with Crippen molar-refractivity contribution in [3.05, 3.63) is 64.2 Å². The van der Waals surface area contributed by atoms with Crippen LogP contribution in [0.25, 0.3) is 10.9 Å². The van der Waals surface area contributed by atoms with Crippen molar-refractivity contribution < 1.29 is 12.8 Å². The van der Waals surface area contributed by atoms with Crippen LogP contribution >= 0.6 is 0 Å². The van der Waals surface area contributed by atoms with Gasteiger partial charge in [0.1, 0.15) is 10.7 Å². The van der Waals surface area contributed by atoms with Crippen molar-refractivity contribution in [1.82, 2.24) is 9.47 Å². The molecule has 0 saturated carbocycles. The topological polar surface area (TPSA) is 62.6 Å². The molecule has 3 aromatic rings. The average molecular weight is 458 g/mol. The van der Waals surface area contributed by atoms with Crippen molar-refractivity contribution in [2.45, 2.75) is 37.1 Å². The van der Waals surface area contributed by atoms with E-state index in [1.54, 1.807) is 29.7 Å². The van der Waals surface area contributed by atoms with Gasteiger partial charge in [0.25, 0.3) is 0 Å². The second-order valence-electron chi connectivity index (χ2n) is 8.17. The third kappa shape index (κ3) is 3.93. The monoisotopic (exact) mass is 457 g/mol. The summed E-state index contributed by atoms with van der Waals surface area (Å²) in [5.74, 6) is -0.507. The maximum atomic E-state index is 15.2. The number of sulfone groups is 1. The largest absolute Gasteiger partial charge is 0.367 e. The Bertz CT molecular complexity index is 1330. The van der Waals surface area contributed by atoms with E-state index in [0.717, 1.165) is 25.2 Å². The third-order valence-corrected chi connectivity index (χ3v) is 7.95. The van der Waals surface area contributed by atoms with Crippen molar-refractivity contribution in [3.63, 3.8) is 0 Å². The Balaban J connectivity index is 1.86. The normalized spacial score (nSPS) is 15.4. The fourth-order valence-corrected chi connectivity index (χ4v) is 5.76. The van der Waals surface area contributed by atoms with Crippen LogP contribution in [0.2, 0.25) is 0 Å². The fourth-order valence-electron chi connectivity index (χ4n) is 4.28. The Kier molecular flexibility index (Phi) is 6.09. The minimum absolute atomic E-state index is 0.0579. The summed E-state index contributed by atoms with van der Waals surface area (Å²) < 4.78 is 43.4. The first kappa shape index (κ1) is 22.5. The molecular formula is C24H28FN3O3S. The highest BCUT2D eigenvalue weighted by Crippen LogP contribution is 2.28. The Morgan fingerprint density at radius 2 is 1.72 bits per heavy atom. The zero-order valence-electron chi connectivity index (χ0n) is 18.6. The van der Waals surface area contributed by atoms with Gasteiger partial charge >= 0.3 is 0 Å².